The Morgan fingerprint density at radius 1 is 1.06 bits per heavy atom. The Morgan fingerprint density at radius 2 is 1.97 bits per heavy atom. The highest BCUT2D eigenvalue weighted by molar-refractivity contribution is 5.99. The summed E-state index contributed by atoms with van der Waals surface area (Å²) in [4.78, 5) is 29.4. The van der Waals surface area contributed by atoms with Gasteiger partial charge in [-0.05, 0) is 42.3 Å². The standard InChI is InChI=1S/C27H23N7O2/c1-15(2)9-24(35)30-18-10-17(12-28-13-18)20-3-4-22-26(32-20)27(34-33-22)23-11-19-21(31-23)5-7-29-25(19)16-6-8-36-14-16/h3-8,10-15,31H,9H2,1-2H3,(H,30,35)(H,33,34). The van der Waals surface area contributed by atoms with E-state index in [1.54, 1.807) is 31.1 Å². The van der Waals surface area contributed by atoms with Gasteiger partial charge in [-0.25, -0.2) is 4.98 Å². The maximum absolute atomic E-state index is 12.2. The van der Waals surface area contributed by atoms with Gasteiger partial charge in [0.15, 0.2) is 0 Å². The van der Waals surface area contributed by atoms with Gasteiger partial charge in [-0.15, -0.1) is 0 Å². The van der Waals surface area contributed by atoms with Crippen molar-refractivity contribution in [1.29, 1.82) is 0 Å². The summed E-state index contributed by atoms with van der Waals surface area (Å²) >= 11 is 0. The smallest absolute Gasteiger partial charge is 0.224 e. The maximum Gasteiger partial charge on any atom is 0.224 e. The van der Waals surface area contributed by atoms with Gasteiger partial charge in [0.25, 0.3) is 0 Å². The number of nitrogens with one attached hydrogen (secondary N) is 3. The molecule has 0 radical (unpaired) electrons. The zero-order valence-corrected chi connectivity index (χ0v) is 19.7. The van der Waals surface area contributed by atoms with Crippen molar-refractivity contribution in [3.8, 4) is 33.9 Å². The molecule has 0 aliphatic heterocycles. The lowest BCUT2D eigenvalue weighted by atomic mass is 10.1. The highest BCUT2D eigenvalue weighted by Gasteiger charge is 2.16. The molecule has 6 heterocycles. The first kappa shape index (κ1) is 21.7. The Hall–Kier alpha value is -4.79. The van der Waals surface area contributed by atoms with Crippen molar-refractivity contribution < 1.29 is 9.21 Å². The van der Waals surface area contributed by atoms with Gasteiger partial charge in [0.1, 0.15) is 11.2 Å². The predicted molar refractivity (Wildman–Crippen MR) is 138 cm³/mol. The number of carbonyl (C=O) groups excluding carboxylic acids is 1. The van der Waals surface area contributed by atoms with Crippen LogP contribution in [0.2, 0.25) is 0 Å². The third-order valence-corrected chi connectivity index (χ3v) is 5.92. The number of fused-ring (bicyclic) bond motifs is 2. The fourth-order valence-corrected chi connectivity index (χ4v) is 4.29. The van der Waals surface area contributed by atoms with Crippen LogP contribution in [0, 0.1) is 5.92 Å². The number of hydrogen-bond acceptors (Lipinski definition) is 6. The van der Waals surface area contributed by atoms with Crippen molar-refractivity contribution in [2.45, 2.75) is 20.3 Å². The first-order chi connectivity index (χ1) is 17.5. The molecule has 0 unspecified atom stereocenters. The summed E-state index contributed by atoms with van der Waals surface area (Å²) in [5, 5.41) is 11.5. The van der Waals surface area contributed by atoms with Crippen LogP contribution in [-0.2, 0) is 4.79 Å². The van der Waals surface area contributed by atoms with E-state index in [0.29, 0.717) is 17.8 Å². The van der Waals surface area contributed by atoms with Crippen LogP contribution in [0.4, 0.5) is 5.69 Å². The van der Waals surface area contributed by atoms with E-state index in [4.69, 9.17) is 9.40 Å². The van der Waals surface area contributed by atoms with Gasteiger partial charge in [-0.1, -0.05) is 13.8 Å². The number of amides is 1. The minimum atomic E-state index is -0.0347. The highest BCUT2D eigenvalue weighted by Crippen LogP contribution is 2.33. The number of rotatable bonds is 6. The van der Waals surface area contributed by atoms with Crippen LogP contribution in [0.15, 0.2) is 71.9 Å². The van der Waals surface area contributed by atoms with Crippen molar-refractivity contribution >= 4 is 33.5 Å². The molecule has 0 saturated heterocycles. The van der Waals surface area contributed by atoms with E-state index >= 15 is 0 Å². The van der Waals surface area contributed by atoms with Crippen molar-refractivity contribution in [2.75, 3.05) is 5.32 Å². The number of anilines is 1. The zero-order chi connectivity index (χ0) is 24.6. The SMILES string of the molecule is CC(C)CC(=O)Nc1cncc(-c2ccc3[nH]nc(-c4cc5c(-c6ccoc6)nccc5[nH]4)c3n2)c1. The number of aromatic nitrogens is 6. The minimum Gasteiger partial charge on any atom is -0.472 e. The van der Waals surface area contributed by atoms with Crippen molar-refractivity contribution in [1.82, 2.24) is 30.1 Å². The molecule has 0 spiro atoms. The molecular weight excluding hydrogens is 454 g/mol. The van der Waals surface area contributed by atoms with Crippen molar-refractivity contribution in [3.63, 3.8) is 0 Å². The van der Waals surface area contributed by atoms with E-state index in [1.165, 1.54) is 0 Å². The molecule has 0 atom stereocenters. The number of aromatic amines is 2. The first-order valence-electron chi connectivity index (χ1n) is 11.7. The number of H-pyrrole nitrogens is 2. The Kier molecular flexibility index (Phi) is 5.29. The number of carbonyl (C=O) groups is 1. The second kappa shape index (κ2) is 8.77. The summed E-state index contributed by atoms with van der Waals surface area (Å²) in [7, 11) is 0. The van der Waals surface area contributed by atoms with Crippen LogP contribution in [-0.4, -0.2) is 36.0 Å². The molecule has 0 aromatic carbocycles. The average Bonchev–Trinajstić information content (AvgIpc) is 3.62. The first-order valence-corrected chi connectivity index (χ1v) is 11.7. The molecule has 0 saturated carbocycles. The maximum atomic E-state index is 12.2. The number of nitrogens with zero attached hydrogens (tertiary/aromatic N) is 4. The van der Waals surface area contributed by atoms with Crippen LogP contribution in [0.5, 0.6) is 0 Å². The summed E-state index contributed by atoms with van der Waals surface area (Å²) < 4.78 is 5.25. The van der Waals surface area contributed by atoms with Crippen LogP contribution in [0.1, 0.15) is 20.3 Å². The Bertz CT molecular complexity index is 1700. The quantitative estimate of drug-likeness (QED) is 0.278. The lowest BCUT2D eigenvalue weighted by Gasteiger charge is -2.08. The van der Waals surface area contributed by atoms with Gasteiger partial charge in [-0.2, -0.15) is 5.10 Å². The van der Waals surface area contributed by atoms with Gasteiger partial charge < -0.3 is 14.7 Å². The van der Waals surface area contributed by atoms with E-state index in [-0.39, 0.29) is 11.8 Å². The minimum absolute atomic E-state index is 0.0347. The Labute approximate surface area is 206 Å². The summed E-state index contributed by atoms with van der Waals surface area (Å²) in [6.07, 6.45) is 8.91. The van der Waals surface area contributed by atoms with Gasteiger partial charge in [-0.3, -0.25) is 19.9 Å². The van der Waals surface area contributed by atoms with Gasteiger partial charge in [0.05, 0.1) is 47.0 Å². The zero-order valence-electron chi connectivity index (χ0n) is 19.7. The number of pyridine rings is 3. The van der Waals surface area contributed by atoms with Gasteiger partial charge in [0, 0.05) is 40.8 Å². The third kappa shape index (κ3) is 4.00. The summed E-state index contributed by atoms with van der Waals surface area (Å²) in [6, 6.07) is 11.6. The molecule has 3 N–H and O–H groups in total. The Balaban J connectivity index is 1.38. The van der Waals surface area contributed by atoms with Crippen molar-refractivity contribution in [3.05, 3.63) is 67.5 Å². The van der Waals surface area contributed by atoms with Crippen molar-refractivity contribution in [2.24, 2.45) is 5.92 Å². The molecule has 178 valence electrons. The molecule has 0 fully saturated rings. The van der Waals surface area contributed by atoms with E-state index in [2.05, 4.69) is 30.5 Å². The number of furan rings is 1. The highest BCUT2D eigenvalue weighted by atomic mass is 16.3. The average molecular weight is 478 g/mol. The number of hydrogen-bond donors (Lipinski definition) is 3. The van der Waals surface area contributed by atoms with E-state index in [1.807, 2.05) is 50.2 Å². The molecule has 0 bridgehead atoms. The third-order valence-electron chi connectivity index (χ3n) is 5.92. The molecule has 9 heteroatoms. The second-order valence-electron chi connectivity index (χ2n) is 9.09. The molecule has 1 amide bonds. The topological polar surface area (TPSA) is 125 Å². The van der Waals surface area contributed by atoms with E-state index in [9.17, 15) is 4.79 Å². The Morgan fingerprint density at radius 3 is 2.81 bits per heavy atom. The predicted octanol–water partition coefficient (Wildman–Crippen LogP) is 5.81. The summed E-state index contributed by atoms with van der Waals surface area (Å²) in [5.41, 5.74) is 7.93. The summed E-state index contributed by atoms with van der Waals surface area (Å²) in [5.74, 6) is 0.244. The molecule has 6 aromatic rings. The normalized spacial score (nSPS) is 11.5. The van der Waals surface area contributed by atoms with E-state index < -0.39 is 0 Å². The van der Waals surface area contributed by atoms with Crippen LogP contribution >= 0.6 is 0 Å². The van der Waals surface area contributed by atoms with E-state index in [0.717, 1.165) is 50.1 Å². The van der Waals surface area contributed by atoms with Gasteiger partial charge >= 0.3 is 0 Å². The van der Waals surface area contributed by atoms with Crippen LogP contribution < -0.4 is 5.32 Å². The molecule has 6 rings (SSSR count). The van der Waals surface area contributed by atoms with Gasteiger partial charge in [0.2, 0.25) is 5.91 Å². The monoisotopic (exact) mass is 477 g/mol. The van der Waals surface area contributed by atoms with Crippen LogP contribution in [0.25, 0.3) is 55.8 Å². The molecule has 6 aromatic heterocycles. The lowest BCUT2D eigenvalue weighted by molar-refractivity contribution is -0.116. The second-order valence-corrected chi connectivity index (χ2v) is 9.09. The molecule has 0 aliphatic rings. The molecular formula is C27H23N7O2. The summed E-state index contributed by atoms with van der Waals surface area (Å²) in [6.45, 7) is 4.02. The fourth-order valence-electron chi connectivity index (χ4n) is 4.29. The fraction of sp³-hybridized carbons (Fsp3) is 0.148. The lowest BCUT2D eigenvalue weighted by Crippen LogP contribution is -2.13. The molecule has 0 aliphatic carbocycles. The molecule has 36 heavy (non-hydrogen) atoms. The largest absolute Gasteiger partial charge is 0.472 e. The van der Waals surface area contributed by atoms with Crippen LogP contribution in [0.3, 0.4) is 0 Å². The molecule has 9 nitrogen and oxygen atoms in total.